The van der Waals surface area contributed by atoms with E-state index in [0.29, 0.717) is 0 Å². The summed E-state index contributed by atoms with van der Waals surface area (Å²) < 4.78 is 34.7. The summed E-state index contributed by atoms with van der Waals surface area (Å²) in [6, 6.07) is 10.8. The minimum atomic E-state index is -2.79. The normalized spacial score (nSPS) is 18.2. The van der Waals surface area contributed by atoms with Gasteiger partial charge in [-0.25, -0.2) is 4.98 Å². The van der Waals surface area contributed by atoms with E-state index >= 15 is 0 Å². The van der Waals surface area contributed by atoms with E-state index in [4.69, 9.17) is 4.74 Å². The number of halogens is 2. The van der Waals surface area contributed by atoms with E-state index in [2.05, 4.69) is 24.8 Å². The highest BCUT2D eigenvalue weighted by Crippen LogP contribution is 2.22. The first-order valence-corrected chi connectivity index (χ1v) is 9.50. The van der Waals surface area contributed by atoms with Crippen molar-refractivity contribution in [3.8, 4) is 11.5 Å². The predicted molar refractivity (Wildman–Crippen MR) is 102 cm³/mol. The van der Waals surface area contributed by atoms with Crippen molar-refractivity contribution in [1.29, 1.82) is 0 Å². The molecule has 1 aromatic carbocycles. The summed E-state index contributed by atoms with van der Waals surface area (Å²) in [6.45, 7) is 3.54. The Morgan fingerprint density at radius 3 is 2.39 bits per heavy atom. The molecule has 0 aliphatic carbocycles. The van der Waals surface area contributed by atoms with Crippen LogP contribution in [0, 0.1) is 0 Å². The second-order valence-corrected chi connectivity index (χ2v) is 7.05. The van der Waals surface area contributed by atoms with Gasteiger partial charge in [-0.1, -0.05) is 12.1 Å². The summed E-state index contributed by atoms with van der Waals surface area (Å²) in [5.41, 5.74) is 1.06. The van der Waals surface area contributed by atoms with Crippen molar-refractivity contribution in [3.63, 3.8) is 0 Å². The molecular weight excluding hydrogens is 366 g/mol. The van der Waals surface area contributed by atoms with Gasteiger partial charge in [0.15, 0.2) is 0 Å². The molecule has 150 valence electrons. The molecule has 0 unspecified atom stereocenters. The monoisotopic (exact) mass is 390 g/mol. The maximum atomic E-state index is 12.2. The lowest BCUT2D eigenvalue weighted by molar-refractivity contribution is -0.0498. The predicted octanol–water partition coefficient (Wildman–Crippen LogP) is 2.36. The quantitative estimate of drug-likeness (QED) is 0.783. The summed E-state index contributed by atoms with van der Waals surface area (Å²) in [6.07, 6.45) is 1.94. The second-order valence-electron chi connectivity index (χ2n) is 7.05. The Hall–Kier alpha value is -2.45. The fourth-order valence-electron chi connectivity index (χ4n) is 3.48. The Morgan fingerprint density at radius 2 is 1.75 bits per heavy atom. The van der Waals surface area contributed by atoms with Gasteiger partial charge in [0.25, 0.3) is 0 Å². The van der Waals surface area contributed by atoms with Gasteiger partial charge in [-0.05, 0) is 29.8 Å². The van der Waals surface area contributed by atoms with Gasteiger partial charge in [0, 0.05) is 45.8 Å². The number of likely N-dealkylation sites (tertiary alicyclic amines) is 1. The van der Waals surface area contributed by atoms with E-state index < -0.39 is 6.61 Å². The van der Waals surface area contributed by atoms with Crippen molar-refractivity contribution < 1.29 is 18.3 Å². The topological polar surface area (TPSA) is 49.9 Å². The van der Waals surface area contributed by atoms with Crippen molar-refractivity contribution >= 4 is 5.82 Å². The highest BCUT2D eigenvalue weighted by atomic mass is 19.3. The number of aromatic nitrogens is 1. The molecule has 2 aliphatic rings. The minimum absolute atomic E-state index is 0.147. The number of hydrogen-bond donors (Lipinski definition) is 1. The van der Waals surface area contributed by atoms with E-state index in [1.807, 2.05) is 24.3 Å². The van der Waals surface area contributed by atoms with Crippen LogP contribution < -0.4 is 19.7 Å². The zero-order valence-corrected chi connectivity index (χ0v) is 15.6. The lowest BCUT2D eigenvalue weighted by Gasteiger charge is -2.39. The number of alkyl halides is 2. The zero-order chi connectivity index (χ0) is 19.3. The third-order valence-corrected chi connectivity index (χ3v) is 4.94. The number of rotatable bonds is 7. The van der Waals surface area contributed by atoms with Gasteiger partial charge < -0.3 is 19.7 Å². The molecule has 2 aromatic rings. The minimum Gasteiger partial charge on any atom is -0.486 e. The van der Waals surface area contributed by atoms with Crippen LogP contribution in [0.15, 0.2) is 42.6 Å². The largest absolute Gasteiger partial charge is 0.486 e. The number of pyridine rings is 1. The number of nitrogens with one attached hydrogen (secondary N) is 1. The first kappa shape index (κ1) is 18.9. The van der Waals surface area contributed by atoms with Gasteiger partial charge >= 0.3 is 6.61 Å². The molecule has 0 saturated carbocycles. The Balaban J connectivity index is 1.21. The maximum absolute atomic E-state index is 12.2. The molecule has 0 bridgehead atoms. The van der Waals surface area contributed by atoms with Gasteiger partial charge in [-0.15, -0.1) is 0 Å². The average Bonchev–Trinajstić information content (AvgIpc) is 2.68. The van der Waals surface area contributed by atoms with Crippen molar-refractivity contribution in [2.24, 2.45) is 0 Å². The summed E-state index contributed by atoms with van der Waals surface area (Å²) in [5, 5.41) is 3.33. The molecule has 2 aliphatic heterocycles. The fraction of sp³-hybridized carbons (Fsp3) is 0.450. The number of piperazine rings is 1. The molecule has 6 nitrogen and oxygen atoms in total. The molecular formula is C20H24F2N4O2. The van der Waals surface area contributed by atoms with E-state index in [9.17, 15) is 8.78 Å². The molecule has 1 aromatic heterocycles. The van der Waals surface area contributed by atoms with Crippen LogP contribution in [0.5, 0.6) is 11.5 Å². The standard InChI is InChI=1S/C20H24F2N4O2/c21-20(22)28-16-3-1-15(2-4-16)12-25-13-18(14-25)27-17-5-6-19(24-11-17)26-9-7-23-8-10-26/h1-6,11,18,20,23H,7-10,12-14H2. The smallest absolute Gasteiger partial charge is 0.387 e. The second kappa shape index (κ2) is 8.70. The van der Waals surface area contributed by atoms with Gasteiger partial charge in [-0.2, -0.15) is 8.78 Å². The number of benzene rings is 1. The molecule has 3 heterocycles. The molecule has 2 fully saturated rings. The fourth-order valence-corrected chi connectivity index (χ4v) is 3.48. The molecule has 1 N–H and O–H groups in total. The van der Waals surface area contributed by atoms with E-state index in [1.54, 1.807) is 18.3 Å². The molecule has 28 heavy (non-hydrogen) atoms. The highest BCUT2D eigenvalue weighted by Gasteiger charge is 2.28. The first-order chi connectivity index (χ1) is 13.7. The van der Waals surface area contributed by atoms with Gasteiger partial charge in [0.1, 0.15) is 23.4 Å². The SMILES string of the molecule is FC(F)Oc1ccc(CN2CC(Oc3ccc(N4CCNCC4)nc3)C2)cc1. The highest BCUT2D eigenvalue weighted by molar-refractivity contribution is 5.41. The van der Waals surface area contributed by atoms with Crippen LogP contribution >= 0.6 is 0 Å². The first-order valence-electron chi connectivity index (χ1n) is 9.50. The molecule has 2 saturated heterocycles. The van der Waals surface area contributed by atoms with Crippen LogP contribution in [-0.4, -0.2) is 61.9 Å². The summed E-state index contributed by atoms with van der Waals surface area (Å²) in [5.74, 6) is 1.96. The van der Waals surface area contributed by atoms with Crippen molar-refractivity contribution in [2.45, 2.75) is 19.3 Å². The molecule has 0 radical (unpaired) electrons. The van der Waals surface area contributed by atoms with E-state index in [1.165, 1.54) is 0 Å². The van der Waals surface area contributed by atoms with Crippen LogP contribution in [0.1, 0.15) is 5.56 Å². The van der Waals surface area contributed by atoms with Gasteiger partial charge in [0.2, 0.25) is 0 Å². The molecule has 4 rings (SSSR count). The van der Waals surface area contributed by atoms with Crippen LogP contribution in [0.25, 0.3) is 0 Å². The van der Waals surface area contributed by atoms with Crippen molar-refractivity contribution in [3.05, 3.63) is 48.2 Å². The van der Waals surface area contributed by atoms with Crippen LogP contribution in [0.4, 0.5) is 14.6 Å². The van der Waals surface area contributed by atoms with Crippen LogP contribution in [0.2, 0.25) is 0 Å². The summed E-state index contributed by atoms with van der Waals surface area (Å²) in [4.78, 5) is 9.04. The number of hydrogen-bond acceptors (Lipinski definition) is 6. The third-order valence-electron chi connectivity index (χ3n) is 4.94. The number of anilines is 1. The zero-order valence-electron chi connectivity index (χ0n) is 15.6. The van der Waals surface area contributed by atoms with Crippen molar-refractivity contribution in [2.75, 3.05) is 44.2 Å². The number of nitrogens with zero attached hydrogens (tertiary/aromatic N) is 3. The van der Waals surface area contributed by atoms with E-state index in [0.717, 1.165) is 62.9 Å². The Kier molecular flexibility index (Phi) is 5.87. The molecule has 0 spiro atoms. The van der Waals surface area contributed by atoms with Crippen LogP contribution in [0.3, 0.4) is 0 Å². The van der Waals surface area contributed by atoms with Gasteiger partial charge in [0.05, 0.1) is 6.20 Å². The average molecular weight is 390 g/mol. The lowest BCUT2D eigenvalue weighted by atomic mass is 10.1. The Labute approximate surface area is 163 Å². The molecule has 0 atom stereocenters. The van der Waals surface area contributed by atoms with Gasteiger partial charge in [-0.3, -0.25) is 4.90 Å². The maximum Gasteiger partial charge on any atom is 0.387 e. The summed E-state index contributed by atoms with van der Waals surface area (Å²) in [7, 11) is 0. The summed E-state index contributed by atoms with van der Waals surface area (Å²) >= 11 is 0. The Bertz CT molecular complexity index is 746. The van der Waals surface area contributed by atoms with Crippen molar-refractivity contribution in [1.82, 2.24) is 15.2 Å². The van der Waals surface area contributed by atoms with E-state index in [-0.39, 0.29) is 11.9 Å². The molecule has 8 heteroatoms. The Morgan fingerprint density at radius 1 is 1.04 bits per heavy atom. The molecule has 0 amide bonds. The lowest BCUT2D eigenvalue weighted by Crippen LogP contribution is -2.53. The van der Waals surface area contributed by atoms with Crippen LogP contribution in [-0.2, 0) is 6.54 Å². The number of ether oxygens (including phenoxy) is 2. The third kappa shape index (κ3) is 4.88.